The quantitative estimate of drug-likeness (QED) is 0.831. The summed E-state index contributed by atoms with van der Waals surface area (Å²) in [5, 5.41) is 0. The molecule has 2 saturated heterocycles. The van der Waals surface area contributed by atoms with Gasteiger partial charge in [0.1, 0.15) is 0 Å². The third kappa shape index (κ3) is 3.61. The topological polar surface area (TPSA) is 37.8 Å². The van der Waals surface area contributed by atoms with Gasteiger partial charge in [0.15, 0.2) is 11.5 Å². The standard InChI is InChI=1S/C22H27N3O2/c1-2-9-23-18(3-1)13-17-6-10-25(15-17)19-7-11-24(12-8-19)20-4-5-21-22(14-20)27-16-26-21/h1-5,9,14,17,19H,6-8,10-13,15-16H2. The van der Waals surface area contributed by atoms with Crippen molar-refractivity contribution in [3.8, 4) is 11.5 Å². The van der Waals surface area contributed by atoms with Gasteiger partial charge in [-0.15, -0.1) is 0 Å². The second kappa shape index (κ2) is 7.39. The first-order chi connectivity index (χ1) is 13.3. The highest BCUT2D eigenvalue weighted by atomic mass is 16.7. The van der Waals surface area contributed by atoms with E-state index in [1.54, 1.807) is 0 Å². The zero-order chi connectivity index (χ0) is 18.1. The number of fused-ring (bicyclic) bond motifs is 1. The minimum absolute atomic E-state index is 0.343. The van der Waals surface area contributed by atoms with E-state index in [1.165, 1.54) is 43.7 Å². The van der Waals surface area contributed by atoms with Crippen LogP contribution in [0.25, 0.3) is 0 Å². The summed E-state index contributed by atoms with van der Waals surface area (Å²) in [6.45, 7) is 5.05. The maximum Gasteiger partial charge on any atom is 0.231 e. The fraction of sp³-hybridized carbons (Fsp3) is 0.500. The van der Waals surface area contributed by atoms with Gasteiger partial charge in [-0.25, -0.2) is 0 Å². The van der Waals surface area contributed by atoms with Crippen molar-refractivity contribution in [2.75, 3.05) is 37.9 Å². The van der Waals surface area contributed by atoms with E-state index in [0.29, 0.717) is 6.79 Å². The van der Waals surface area contributed by atoms with Gasteiger partial charge in [0, 0.05) is 49.3 Å². The molecule has 1 aromatic heterocycles. The first-order valence-corrected chi connectivity index (χ1v) is 10.1. The molecular weight excluding hydrogens is 338 g/mol. The molecule has 0 N–H and O–H groups in total. The van der Waals surface area contributed by atoms with Crippen LogP contribution < -0.4 is 14.4 Å². The molecule has 0 radical (unpaired) electrons. The number of piperidine rings is 1. The molecule has 5 rings (SSSR count). The highest BCUT2D eigenvalue weighted by Gasteiger charge is 2.31. The van der Waals surface area contributed by atoms with Gasteiger partial charge in [-0.2, -0.15) is 0 Å². The Morgan fingerprint density at radius 3 is 2.70 bits per heavy atom. The lowest BCUT2D eigenvalue weighted by Crippen LogP contribution is -2.44. The summed E-state index contributed by atoms with van der Waals surface area (Å²) < 4.78 is 11.0. The Morgan fingerprint density at radius 2 is 1.85 bits per heavy atom. The molecule has 5 nitrogen and oxygen atoms in total. The molecule has 1 aromatic carbocycles. The van der Waals surface area contributed by atoms with Gasteiger partial charge in [-0.3, -0.25) is 9.88 Å². The summed E-state index contributed by atoms with van der Waals surface area (Å²) in [4.78, 5) is 9.72. The predicted octanol–water partition coefficient (Wildman–Crippen LogP) is 3.34. The number of rotatable bonds is 4. The number of hydrogen-bond acceptors (Lipinski definition) is 5. The van der Waals surface area contributed by atoms with Gasteiger partial charge >= 0.3 is 0 Å². The Bertz CT molecular complexity index is 774. The van der Waals surface area contributed by atoms with Gasteiger partial charge in [-0.05, 0) is 62.4 Å². The normalized spacial score (nSPS) is 23.1. The minimum Gasteiger partial charge on any atom is -0.454 e. The van der Waals surface area contributed by atoms with E-state index in [1.807, 2.05) is 18.3 Å². The van der Waals surface area contributed by atoms with Gasteiger partial charge in [0.25, 0.3) is 0 Å². The molecule has 1 atom stereocenters. The average molecular weight is 365 g/mol. The number of likely N-dealkylation sites (tertiary alicyclic amines) is 1. The monoisotopic (exact) mass is 365 g/mol. The number of hydrogen-bond donors (Lipinski definition) is 0. The van der Waals surface area contributed by atoms with Crippen LogP contribution in [-0.4, -0.2) is 48.9 Å². The van der Waals surface area contributed by atoms with Crippen LogP contribution in [0.3, 0.4) is 0 Å². The lowest BCUT2D eigenvalue weighted by atomic mass is 10.0. The van der Waals surface area contributed by atoms with E-state index < -0.39 is 0 Å². The Labute approximate surface area is 160 Å². The molecule has 142 valence electrons. The summed E-state index contributed by atoms with van der Waals surface area (Å²) in [6, 6.07) is 13.3. The molecule has 3 aliphatic rings. The molecule has 2 fully saturated rings. The van der Waals surface area contributed by atoms with Crippen molar-refractivity contribution < 1.29 is 9.47 Å². The summed E-state index contributed by atoms with van der Waals surface area (Å²) in [7, 11) is 0. The molecule has 0 amide bonds. The highest BCUT2D eigenvalue weighted by molar-refractivity contribution is 5.57. The summed E-state index contributed by atoms with van der Waals surface area (Å²) in [5.74, 6) is 2.50. The maximum absolute atomic E-state index is 5.53. The van der Waals surface area contributed by atoms with Gasteiger partial charge < -0.3 is 14.4 Å². The Kier molecular flexibility index (Phi) is 4.62. The van der Waals surface area contributed by atoms with Crippen molar-refractivity contribution in [1.29, 1.82) is 0 Å². The van der Waals surface area contributed by atoms with Crippen LogP contribution in [-0.2, 0) is 6.42 Å². The third-order valence-electron chi connectivity index (χ3n) is 6.24. The predicted molar refractivity (Wildman–Crippen MR) is 105 cm³/mol. The first-order valence-electron chi connectivity index (χ1n) is 10.1. The van der Waals surface area contributed by atoms with Crippen LogP contribution in [0.4, 0.5) is 5.69 Å². The smallest absolute Gasteiger partial charge is 0.231 e. The van der Waals surface area contributed by atoms with Crippen molar-refractivity contribution in [3.05, 3.63) is 48.3 Å². The average Bonchev–Trinajstić information content (AvgIpc) is 3.38. The van der Waals surface area contributed by atoms with E-state index in [4.69, 9.17) is 9.47 Å². The summed E-state index contributed by atoms with van der Waals surface area (Å²) >= 11 is 0. The molecule has 3 aliphatic heterocycles. The van der Waals surface area contributed by atoms with Gasteiger partial charge in [0.2, 0.25) is 6.79 Å². The van der Waals surface area contributed by atoms with Crippen LogP contribution in [0.15, 0.2) is 42.6 Å². The molecule has 5 heteroatoms. The van der Waals surface area contributed by atoms with Crippen molar-refractivity contribution in [1.82, 2.24) is 9.88 Å². The third-order valence-corrected chi connectivity index (χ3v) is 6.24. The molecule has 0 bridgehead atoms. The van der Waals surface area contributed by atoms with Crippen molar-refractivity contribution in [2.45, 2.75) is 31.7 Å². The van der Waals surface area contributed by atoms with E-state index in [9.17, 15) is 0 Å². The van der Waals surface area contributed by atoms with Crippen molar-refractivity contribution in [3.63, 3.8) is 0 Å². The molecule has 0 aliphatic carbocycles. The van der Waals surface area contributed by atoms with Crippen LogP contribution >= 0.6 is 0 Å². The van der Waals surface area contributed by atoms with Crippen LogP contribution in [0.1, 0.15) is 25.0 Å². The Hall–Kier alpha value is -2.27. The van der Waals surface area contributed by atoms with E-state index in [2.05, 4.69) is 39.0 Å². The van der Waals surface area contributed by atoms with Crippen LogP contribution in [0.2, 0.25) is 0 Å². The van der Waals surface area contributed by atoms with E-state index in [0.717, 1.165) is 43.0 Å². The fourth-order valence-electron chi connectivity index (χ4n) is 4.75. The Balaban J connectivity index is 1.14. The highest BCUT2D eigenvalue weighted by Crippen LogP contribution is 2.36. The number of benzene rings is 1. The molecule has 4 heterocycles. The lowest BCUT2D eigenvalue weighted by Gasteiger charge is -2.38. The number of ether oxygens (including phenoxy) is 2. The largest absolute Gasteiger partial charge is 0.454 e. The molecule has 1 unspecified atom stereocenters. The lowest BCUT2D eigenvalue weighted by molar-refractivity contribution is 0.174. The number of pyridine rings is 1. The summed E-state index contributed by atoms with van der Waals surface area (Å²) in [6.07, 6.45) is 6.82. The molecule has 0 saturated carbocycles. The summed E-state index contributed by atoms with van der Waals surface area (Å²) in [5.41, 5.74) is 2.49. The molecule has 2 aromatic rings. The first kappa shape index (κ1) is 16.9. The minimum atomic E-state index is 0.343. The van der Waals surface area contributed by atoms with Crippen LogP contribution in [0, 0.1) is 5.92 Å². The second-order valence-corrected chi connectivity index (χ2v) is 7.93. The molecule has 27 heavy (non-hydrogen) atoms. The van der Waals surface area contributed by atoms with E-state index >= 15 is 0 Å². The van der Waals surface area contributed by atoms with E-state index in [-0.39, 0.29) is 0 Å². The number of aromatic nitrogens is 1. The SMILES string of the molecule is c1ccc(CC2CCN(C3CCN(c4ccc5c(c4)OCO5)CC3)C2)nc1. The zero-order valence-electron chi connectivity index (χ0n) is 15.7. The maximum atomic E-state index is 5.53. The molecule has 0 spiro atoms. The van der Waals surface area contributed by atoms with Crippen LogP contribution in [0.5, 0.6) is 11.5 Å². The number of nitrogens with zero attached hydrogens (tertiary/aromatic N) is 3. The van der Waals surface area contributed by atoms with Gasteiger partial charge in [-0.1, -0.05) is 6.07 Å². The van der Waals surface area contributed by atoms with Crippen molar-refractivity contribution in [2.24, 2.45) is 5.92 Å². The van der Waals surface area contributed by atoms with Gasteiger partial charge in [0.05, 0.1) is 0 Å². The zero-order valence-corrected chi connectivity index (χ0v) is 15.7. The Morgan fingerprint density at radius 1 is 0.963 bits per heavy atom. The van der Waals surface area contributed by atoms with Crippen molar-refractivity contribution >= 4 is 5.69 Å². The fourth-order valence-corrected chi connectivity index (χ4v) is 4.75. The second-order valence-electron chi connectivity index (χ2n) is 7.93. The number of anilines is 1. The molecular formula is C22H27N3O2.